The number of carbonyl (C=O) groups is 3. The van der Waals surface area contributed by atoms with Crippen molar-refractivity contribution in [2.24, 2.45) is 22.7 Å². The number of fused-ring (bicyclic) bond motifs is 3. The van der Waals surface area contributed by atoms with Crippen LogP contribution < -0.4 is 0 Å². The van der Waals surface area contributed by atoms with Gasteiger partial charge in [0.15, 0.2) is 17.2 Å². The van der Waals surface area contributed by atoms with Gasteiger partial charge in [0.2, 0.25) is 0 Å². The number of alkyl halides is 1. The minimum atomic E-state index is -1.15. The molecule has 4 aliphatic carbocycles. The maximum Gasteiger partial charge on any atom is 0.303 e. The van der Waals surface area contributed by atoms with Gasteiger partial charge in [-0.1, -0.05) is 19.4 Å². The molecule has 0 radical (unpaired) electrons. The van der Waals surface area contributed by atoms with Gasteiger partial charge in [-0.2, -0.15) is 0 Å². The quantitative estimate of drug-likeness (QED) is 0.395. The van der Waals surface area contributed by atoms with E-state index in [2.05, 4.69) is 13.8 Å². The van der Waals surface area contributed by atoms with Crippen LogP contribution in [0.3, 0.4) is 0 Å². The fraction of sp³-hybridized carbons (Fsp3) is 0.783. The smallest absolute Gasteiger partial charge is 0.303 e. The first kappa shape index (κ1) is 19.7. The lowest BCUT2D eigenvalue weighted by atomic mass is 9.46. The van der Waals surface area contributed by atoms with Gasteiger partial charge in [-0.15, -0.1) is 11.6 Å². The summed E-state index contributed by atoms with van der Waals surface area (Å²) in [7, 11) is 0. The highest BCUT2D eigenvalue weighted by Gasteiger charge is 2.82. The number of Topliss-reactive ketones (excluding diaryl/α,β-unsaturated/α-hetero) is 1. The van der Waals surface area contributed by atoms with E-state index in [1.807, 2.05) is 6.08 Å². The third-order valence-electron chi connectivity index (χ3n) is 9.34. The van der Waals surface area contributed by atoms with Crippen LogP contribution in [0.25, 0.3) is 0 Å². The molecule has 5 nitrogen and oxygen atoms in total. The van der Waals surface area contributed by atoms with Crippen LogP contribution in [0.4, 0.5) is 0 Å². The van der Waals surface area contributed by atoms with Crippen LogP contribution in [0, 0.1) is 22.7 Å². The maximum absolute atomic E-state index is 13.0. The lowest BCUT2D eigenvalue weighted by molar-refractivity contribution is -0.184. The summed E-state index contributed by atoms with van der Waals surface area (Å²) in [6.07, 6.45) is 7.25. The molecule has 7 atom stereocenters. The van der Waals surface area contributed by atoms with Crippen LogP contribution in [-0.4, -0.2) is 40.7 Å². The summed E-state index contributed by atoms with van der Waals surface area (Å²) in [4.78, 5) is 37.1. The van der Waals surface area contributed by atoms with Gasteiger partial charge in [-0.05, 0) is 56.4 Å². The van der Waals surface area contributed by atoms with Gasteiger partial charge in [-0.3, -0.25) is 14.4 Å². The second-order valence-electron chi connectivity index (χ2n) is 10.3. The fourth-order valence-corrected chi connectivity index (χ4v) is 8.26. The van der Waals surface area contributed by atoms with Gasteiger partial charge in [0.1, 0.15) is 5.60 Å². The molecular formula is C23H29ClO5. The number of carbonyl (C=O) groups excluding carboxylic acids is 3. The van der Waals surface area contributed by atoms with Crippen molar-refractivity contribution in [3.8, 4) is 0 Å². The monoisotopic (exact) mass is 420 g/mol. The number of epoxide rings is 1. The minimum Gasteiger partial charge on any atom is -0.451 e. The Bertz CT molecular complexity index is 850. The molecule has 0 aromatic heterocycles. The molecule has 0 amide bonds. The Morgan fingerprint density at radius 2 is 1.97 bits per heavy atom. The Morgan fingerprint density at radius 1 is 1.21 bits per heavy atom. The van der Waals surface area contributed by atoms with Gasteiger partial charge in [-0.25, -0.2) is 0 Å². The molecule has 6 heteroatoms. The van der Waals surface area contributed by atoms with Crippen molar-refractivity contribution >= 4 is 29.1 Å². The van der Waals surface area contributed by atoms with Crippen molar-refractivity contribution in [1.82, 2.24) is 0 Å². The number of esters is 1. The highest BCUT2D eigenvalue weighted by atomic mass is 35.5. The topological polar surface area (TPSA) is 73.0 Å². The molecule has 0 aromatic carbocycles. The highest BCUT2D eigenvalue weighted by Crippen LogP contribution is 2.76. The maximum atomic E-state index is 13.0. The molecule has 1 heterocycles. The van der Waals surface area contributed by atoms with E-state index in [1.54, 1.807) is 0 Å². The summed E-state index contributed by atoms with van der Waals surface area (Å²) in [6, 6.07) is 0. The molecule has 1 spiro atoms. The Hall–Kier alpha value is -1.20. The van der Waals surface area contributed by atoms with Crippen LogP contribution in [0.1, 0.15) is 65.7 Å². The first-order valence-electron chi connectivity index (χ1n) is 10.9. The molecule has 1 aliphatic heterocycles. The minimum absolute atomic E-state index is 0.0341. The van der Waals surface area contributed by atoms with Gasteiger partial charge < -0.3 is 9.47 Å². The molecule has 4 fully saturated rings. The van der Waals surface area contributed by atoms with Crippen molar-refractivity contribution < 1.29 is 23.9 Å². The van der Waals surface area contributed by atoms with Gasteiger partial charge in [0.25, 0.3) is 0 Å². The molecule has 29 heavy (non-hydrogen) atoms. The van der Waals surface area contributed by atoms with Crippen molar-refractivity contribution in [3.05, 3.63) is 11.6 Å². The second-order valence-corrected chi connectivity index (χ2v) is 10.5. The highest BCUT2D eigenvalue weighted by molar-refractivity contribution is 6.29. The average Bonchev–Trinajstić information content (AvgIpc) is 3.31. The number of ether oxygens (including phenoxy) is 2. The number of ketones is 2. The largest absolute Gasteiger partial charge is 0.451 e. The Labute approximate surface area is 176 Å². The predicted molar refractivity (Wildman–Crippen MR) is 106 cm³/mol. The molecule has 1 saturated heterocycles. The van der Waals surface area contributed by atoms with Crippen LogP contribution in [0.15, 0.2) is 11.6 Å². The zero-order valence-corrected chi connectivity index (χ0v) is 18.1. The average molecular weight is 421 g/mol. The van der Waals surface area contributed by atoms with Crippen LogP contribution in [-0.2, 0) is 23.9 Å². The Balaban J connectivity index is 1.57. The molecule has 5 rings (SSSR count). The zero-order chi connectivity index (χ0) is 20.8. The lowest BCUT2D eigenvalue weighted by Crippen LogP contribution is -2.62. The first-order valence-corrected chi connectivity index (χ1v) is 11.4. The van der Waals surface area contributed by atoms with Crippen LogP contribution in [0.2, 0.25) is 0 Å². The van der Waals surface area contributed by atoms with Gasteiger partial charge in [0, 0.05) is 24.2 Å². The van der Waals surface area contributed by atoms with E-state index in [9.17, 15) is 14.4 Å². The number of halogens is 1. The first-order chi connectivity index (χ1) is 13.6. The fourth-order valence-electron chi connectivity index (χ4n) is 8.04. The molecule has 5 aliphatic rings. The molecule has 0 aromatic rings. The van der Waals surface area contributed by atoms with E-state index in [4.69, 9.17) is 21.1 Å². The summed E-state index contributed by atoms with van der Waals surface area (Å²) in [5.74, 6) is 0.0198. The van der Waals surface area contributed by atoms with Crippen molar-refractivity contribution in [3.63, 3.8) is 0 Å². The molecule has 3 saturated carbocycles. The Kier molecular flexibility index (Phi) is 4.04. The summed E-state index contributed by atoms with van der Waals surface area (Å²) in [5.41, 5.74) is -0.723. The molecule has 158 valence electrons. The van der Waals surface area contributed by atoms with Crippen molar-refractivity contribution in [2.45, 2.75) is 83.0 Å². The van der Waals surface area contributed by atoms with Gasteiger partial charge in [0.05, 0.1) is 12.0 Å². The Morgan fingerprint density at radius 3 is 2.66 bits per heavy atom. The summed E-state index contributed by atoms with van der Waals surface area (Å²) in [6.45, 7) is 5.76. The predicted octanol–water partition coefficient (Wildman–Crippen LogP) is 3.76. The van der Waals surface area contributed by atoms with E-state index in [0.717, 1.165) is 25.7 Å². The summed E-state index contributed by atoms with van der Waals surface area (Å²) < 4.78 is 12.4. The summed E-state index contributed by atoms with van der Waals surface area (Å²) in [5, 5.41) is 0. The third-order valence-corrected chi connectivity index (χ3v) is 9.59. The SMILES string of the molecule is CC(=O)O[C@]1(C(=O)CCl)CC[C@H]2[C@@H]3CCC4=CC(=O)CC[C@]4(C)[C@@]34O[C@H]4C[C@@]21C. The summed E-state index contributed by atoms with van der Waals surface area (Å²) >= 11 is 6.00. The van der Waals surface area contributed by atoms with E-state index >= 15 is 0 Å². The second kappa shape index (κ2) is 5.94. The normalized spacial score (nSPS) is 49.9. The van der Waals surface area contributed by atoms with Crippen molar-refractivity contribution in [2.75, 3.05) is 5.88 Å². The van der Waals surface area contributed by atoms with E-state index in [0.29, 0.717) is 25.2 Å². The van der Waals surface area contributed by atoms with E-state index in [-0.39, 0.29) is 40.5 Å². The van der Waals surface area contributed by atoms with Crippen LogP contribution >= 0.6 is 11.6 Å². The lowest BCUT2D eigenvalue weighted by Gasteiger charge is -2.56. The molecule has 0 N–H and O–H groups in total. The zero-order valence-electron chi connectivity index (χ0n) is 17.4. The molecule has 0 bridgehead atoms. The third kappa shape index (κ3) is 2.19. The van der Waals surface area contributed by atoms with Crippen LogP contribution in [0.5, 0.6) is 0 Å². The van der Waals surface area contributed by atoms with Gasteiger partial charge >= 0.3 is 5.97 Å². The standard InChI is InChI=1S/C23H29ClO5/c1-13(25)28-22(18(27)12-24)9-7-16-17-5-4-14-10-15(26)6-8-20(14,2)23(17)19(29-23)11-21(16,22)3/h10,16-17,19H,4-9,11-12H2,1-3H3/t16-,17-,19-,20-,21-,22-,23+/m0/s1. The molecule has 0 unspecified atom stereocenters. The number of hydrogen-bond acceptors (Lipinski definition) is 5. The molecular weight excluding hydrogens is 392 g/mol. The van der Waals surface area contributed by atoms with E-state index in [1.165, 1.54) is 12.5 Å². The van der Waals surface area contributed by atoms with E-state index < -0.39 is 17.0 Å². The van der Waals surface area contributed by atoms with Crippen molar-refractivity contribution in [1.29, 1.82) is 0 Å². The number of hydrogen-bond donors (Lipinski definition) is 0. The number of rotatable bonds is 3.